The molecule has 2 N–H and O–H groups in total. The van der Waals surface area contributed by atoms with Crippen LogP contribution in [0.25, 0.3) is 0 Å². The van der Waals surface area contributed by atoms with Gasteiger partial charge in [-0.2, -0.15) is 0 Å². The summed E-state index contributed by atoms with van der Waals surface area (Å²) in [4.78, 5) is 0. The largest absolute Gasteiger partial charge is 0.414 e. The molecule has 6 atom stereocenters. The molecular formula is C22H44O6Si. The molecule has 0 unspecified atom stereocenters. The maximum atomic E-state index is 11.7. The number of methoxy groups -OCH3 is 1. The first-order chi connectivity index (χ1) is 13.0. The summed E-state index contributed by atoms with van der Waals surface area (Å²) in [5.74, 6) is -0.266. The van der Waals surface area contributed by atoms with Gasteiger partial charge in [-0.25, -0.2) is 0 Å². The summed E-state index contributed by atoms with van der Waals surface area (Å²) in [6.07, 6.45) is 0.0530. The van der Waals surface area contributed by atoms with Crippen LogP contribution in [0.15, 0.2) is 0 Å². The topological polar surface area (TPSA) is 77.4 Å². The third-order valence-electron chi connectivity index (χ3n) is 7.32. The lowest BCUT2D eigenvalue weighted by Gasteiger charge is -2.64. The second-order valence-electron chi connectivity index (χ2n) is 11.8. The van der Waals surface area contributed by atoms with Crippen molar-refractivity contribution in [1.82, 2.24) is 0 Å². The van der Waals surface area contributed by atoms with Gasteiger partial charge in [0.15, 0.2) is 8.32 Å². The Morgan fingerprint density at radius 2 is 1.69 bits per heavy atom. The van der Waals surface area contributed by atoms with Crippen molar-refractivity contribution in [1.29, 1.82) is 0 Å². The molecule has 0 spiro atoms. The van der Waals surface area contributed by atoms with Crippen LogP contribution in [0.2, 0.25) is 18.1 Å². The molecule has 3 fully saturated rings. The molecule has 0 aliphatic heterocycles. The van der Waals surface area contributed by atoms with E-state index in [2.05, 4.69) is 33.9 Å². The van der Waals surface area contributed by atoms with E-state index in [0.717, 1.165) is 0 Å². The monoisotopic (exact) mass is 432 g/mol. The van der Waals surface area contributed by atoms with E-state index in [4.69, 9.17) is 18.6 Å². The predicted octanol–water partition coefficient (Wildman–Crippen LogP) is 3.70. The van der Waals surface area contributed by atoms with Crippen LogP contribution in [0.4, 0.5) is 0 Å². The molecule has 3 saturated carbocycles. The number of ether oxygens (including phenoxy) is 3. The minimum Gasteiger partial charge on any atom is -0.414 e. The molecule has 2 bridgehead atoms. The van der Waals surface area contributed by atoms with E-state index < -0.39 is 25.4 Å². The van der Waals surface area contributed by atoms with E-state index in [0.29, 0.717) is 12.8 Å². The van der Waals surface area contributed by atoms with Gasteiger partial charge in [-0.15, -0.1) is 0 Å². The van der Waals surface area contributed by atoms with Gasteiger partial charge in [-0.05, 0) is 51.7 Å². The van der Waals surface area contributed by atoms with Crippen LogP contribution in [0, 0.1) is 11.3 Å². The van der Waals surface area contributed by atoms with E-state index in [1.807, 2.05) is 27.7 Å². The van der Waals surface area contributed by atoms with Crippen LogP contribution in [0.3, 0.4) is 0 Å². The Balaban J connectivity index is 2.38. The zero-order valence-corrected chi connectivity index (χ0v) is 21.2. The van der Waals surface area contributed by atoms with Crippen LogP contribution in [-0.2, 0) is 18.6 Å². The maximum Gasteiger partial charge on any atom is 0.192 e. The van der Waals surface area contributed by atoms with Crippen molar-refractivity contribution < 1.29 is 28.8 Å². The minimum atomic E-state index is -2.05. The average Bonchev–Trinajstić information content (AvgIpc) is 2.52. The fourth-order valence-corrected chi connectivity index (χ4v) is 6.07. The van der Waals surface area contributed by atoms with Gasteiger partial charge < -0.3 is 28.8 Å². The lowest BCUT2D eigenvalue weighted by molar-refractivity contribution is -0.312. The van der Waals surface area contributed by atoms with E-state index in [-0.39, 0.29) is 42.2 Å². The van der Waals surface area contributed by atoms with Gasteiger partial charge in [0.05, 0.1) is 30.5 Å². The van der Waals surface area contributed by atoms with Gasteiger partial charge in [0.2, 0.25) is 0 Å². The van der Waals surface area contributed by atoms with Crippen LogP contribution < -0.4 is 0 Å². The number of hydrogen-bond donors (Lipinski definition) is 2. The van der Waals surface area contributed by atoms with Crippen molar-refractivity contribution >= 4 is 8.32 Å². The molecular weight excluding hydrogens is 388 g/mol. The standard InChI is InChI=1S/C22H44O6Si/c1-19(2,3)27-17-11-15-16(28-29(9,10)20(4,5)6)12-21(17,7)18(23)22(15,24)13-26-14-25-8/h15-18,23-24H,11-14H2,1-10H3/t15-,16+,17+,18-,21-,22+/m1/s1. The highest BCUT2D eigenvalue weighted by atomic mass is 28.4. The summed E-state index contributed by atoms with van der Waals surface area (Å²) in [6.45, 7) is 19.3. The Labute approximate surface area is 178 Å². The van der Waals surface area contributed by atoms with E-state index in [1.54, 1.807) is 7.11 Å². The van der Waals surface area contributed by atoms with Crippen LogP contribution >= 0.6 is 0 Å². The Morgan fingerprint density at radius 1 is 1.10 bits per heavy atom. The molecule has 0 aromatic rings. The van der Waals surface area contributed by atoms with Crippen molar-refractivity contribution in [3.8, 4) is 0 Å². The summed E-state index contributed by atoms with van der Waals surface area (Å²) in [6, 6.07) is 0. The molecule has 3 aliphatic carbocycles. The zero-order valence-electron chi connectivity index (χ0n) is 20.2. The smallest absolute Gasteiger partial charge is 0.192 e. The number of hydrogen-bond acceptors (Lipinski definition) is 6. The molecule has 0 heterocycles. The van der Waals surface area contributed by atoms with Crippen LogP contribution in [0.5, 0.6) is 0 Å². The van der Waals surface area contributed by atoms with Gasteiger partial charge in [0, 0.05) is 18.4 Å². The first kappa shape index (κ1) is 25.2. The molecule has 3 aliphatic rings. The molecule has 0 aromatic heterocycles. The van der Waals surface area contributed by atoms with Gasteiger partial charge in [0.1, 0.15) is 12.4 Å². The van der Waals surface area contributed by atoms with Crippen molar-refractivity contribution in [2.45, 2.75) is 109 Å². The number of rotatable bonds is 7. The Bertz CT molecular complexity index is 569. The quantitative estimate of drug-likeness (QED) is 0.363. The molecule has 0 aromatic carbocycles. The third kappa shape index (κ3) is 4.91. The average molecular weight is 433 g/mol. The zero-order chi connectivity index (χ0) is 22.5. The summed E-state index contributed by atoms with van der Waals surface area (Å²) in [5.41, 5.74) is -2.35. The summed E-state index contributed by atoms with van der Waals surface area (Å²) >= 11 is 0. The van der Waals surface area contributed by atoms with Crippen LogP contribution in [0.1, 0.15) is 61.3 Å². The molecule has 172 valence electrons. The highest BCUT2D eigenvalue weighted by Crippen LogP contribution is 2.58. The van der Waals surface area contributed by atoms with Gasteiger partial charge >= 0.3 is 0 Å². The van der Waals surface area contributed by atoms with E-state index >= 15 is 0 Å². The summed E-state index contributed by atoms with van der Waals surface area (Å²) < 4.78 is 23.7. The second kappa shape index (κ2) is 8.15. The lowest BCUT2D eigenvalue weighted by Crippen LogP contribution is -2.75. The first-order valence-corrected chi connectivity index (χ1v) is 13.7. The van der Waals surface area contributed by atoms with Gasteiger partial charge in [-0.3, -0.25) is 0 Å². The molecule has 29 heavy (non-hydrogen) atoms. The number of aliphatic hydroxyl groups is 2. The molecule has 3 rings (SSSR count). The fourth-order valence-electron chi connectivity index (χ4n) is 4.71. The maximum absolute atomic E-state index is 11.7. The second-order valence-corrected chi connectivity index (χ2v) is 16.6. The normalized spacial score (nSPS) is 38.5. The summed E-state index contributed by atoms with van der Waals surface area (Å²) in [7, 11) is -0.506. The van der Waals surface area contributed by atoms with Crippen molar-refractivity contribution in [2.24, 2.45) is 11.3 Å². The molecule has 0 saturated heterocycles. The van der Waals surface area contributed by atoms with Gasteiger partial charge in [0.25, 0.3) is 0 Å². The Morgan fingerprint density at radius 3 is 2.17 bits per heavy atom. The SMILES string of the molecule is COCOC[C@]1(O)[C@@H]2C[C@H](OC(C)(C)C)[C@@](C)(C[C@@H]2O[Si](C)(C)C(C)(C)C)[C@H]1O. The molecule has 0 radical (unpaired) electrons. The third-order valence-corrected chi connectivity index (χ3v) is 11.8. The highest BCUT2D eigenvalue weighted by molar-refractivity contribution is 6.74. The number of fused-ring (bicyclic) bond motifs is 3. The Hall–Kier alpha value is -0.0231. The van der Waals surface area contributed by atoms with E-state index in [1.165, 1.54) is 0 Å². The van der Waals surface area contributed by atoms with Crippen molar-refractivity contribution in [3.05, 3.63) is 0 Å². The minimum absolute atomic E-state index is 0.0157. The highest BCUT2D eigenvalue weighted by Gasteiger charge is 2.68. The number of aliphatic hydroxyl groups excluding tert-OH is 1. The molecule has 0 amide bonds. The van der Waals surface area contributed by atoms with Crippen molar-refractivity contribution in [2.75, 3.05) is 20.5 Å². The first-order valence-electron chi connectivity index (χ1n) is 10.8. The molecule has 7 heteroatoms. The fraction of sp³-hybridized carbons (Fsp3) is 1.00. The van der Waals surface area contributed by atoms with E-state index in [9.17, 15) is 10.2 Å². The summed E-state index contributed by atoms with van der Waals surface area (Å²) in [5, 5.41) is 23.0. The predicted molar refractivity (Wildman–Crippen MR) is 116 cm³/mol. The molecule has 6 nitrogen and oxygen atoms in total. The van der Waals surface area contributed by atoms with Crippen LogP contribution in [-0.4, -0.2) is 68.6 Å². The Kier molecular flexibility index (Phi) is 7.09. The lowest BCUT2D eigenvalue weighted by atomic mass is 9.51. The van der Waals surface area contributed by atoms with Crippen molar-refractivity contribution in [3.63, 3.8) is 0 Å². The van der Waals surface area contributed by atoms with Gasteiger partial charge in [-0.1, -0.05) is 27.7 Å².